The number of halogens is 1. The van der Waals surface area contributed by atoms with Crippen LogP contribution in [0.3, 0.4) is 0 Å². The van der Waals surface area contributed by atoms with Crippen LogP contribution in [0.1, 0.15) is 18.4 Å². The molecule has 0 radical (unpaired) electrons. The molecule has 86 valence electrons. The maximum absolute atomic E-state index is 11.5. The molecule has 0 spiro atoms. The van der Waals surface area contributed by atoms with Crippen LogP contribution in [0.15, 0.2) is 24.3 Å². The minimum absolute atomic E-state index is 0.0498. The second-order valence-electron chi connectivity index (χ2n) is 3.66. The van der Waals surface area contributed by atoms with Crippen molar-refractivity contribution in [3.05, 3.63) is 34.9 Å². The molecule has 1 aromatic rings. The van der Waals surface area contributed by atoms with Crippen LogP contribution in [0.4, 0.5) is 0 Å². The molecule has 0 heterocycles. The van der Waals surface area contributed by atoms with Crippen molar-refractivity contribution in [2.75, 3.05) is 0 Å². The Kier molecular flexibility index (Phi) is 4.21. The Balaban J connectivity index is 3.31. The molecule has 0 atom stereocenters. The van der Waals surface area contributed by atoms with E-state index in [2.05, 4.69) is 11.8 Å². The van der Waals surface area contributed by atoms with Gasteiger partial charge in [-0.15, -0.1) is 24.7 Å². The Morgan fingerprint density at radius 3 is 2.06 bits per heavy atom. The van der Waals surface area contributed by atoms with Gasteiger partial charge >= 0.3 is 5.97 Å². The molecule has 0 unspecified atom stereocenters. The Hall–Kier alpha value is -1.90. The molecule has 0 fully saturated rings. The predicted molar refractivity (Wildman–Crippen MR) is 67.7 cm³/mol. The molecule has 0 saturated carbocycles. The molecule has 1 aromatic carbocycles. The largest absolute Gasteiger partial charge is 0.481 e. The first-order chi connectivity index (χ1) is 8.06. The van der Waals surface area contributed by atoms with Gasteiger partial charge in [0.25, 0.3) is 0 Å². The molecule has 0 aromatic heterocycles. The average molecular weight is 247 g/mol. The highest BCUT2D eigenvalue weighted by atomic mass is 35.5. The summed E-state index contributed by atoms with van der Waals surface area (Å²) in [6, 6.07) is 6.54. The number of carboxylic acids is 1. The zero-order chi connectivity index (χ0) is 12.9. The van der Waals surface area contributed by atoms with Gasteiger partial charge in [-0.2, -0.15) is 0 Å². The second-order valence-corrected chi connectivity index (χ2v) is 4.09. The lowest BCUT2D eigenvalue weighted by Gasteiger charge is -2.25. The summed E-state index contributed by atoms with van der Waals surface area (Å²) < 4.78 is 0. The highest BCUT2D eigenvalue weighted by Gasteiger charge is 2.39. The van der Waals surface area contributed by atoms with Gasteiger partial charge in [0.2, 0.25) is 0 Å². The minimum atomic E-state index is -1.23. The molecule has 1 rings (SSSR count). The van der Waals surface area contributed by atoms with E-state index in [-0.39, 0.29) is 12.8 Å². The van der Waals surface area contributed by atoms with E-state index < -0.39 is 11.4 Å². The van der Waals surface area contributed by atoms with Crippen molar-refractivity contribution in [2.45, 2.75) is 18.3 Å². The van der Waals surface area contributed by atoms with Crippen LogP contribution in [-0.4, -0.2) is 11.1 Å². The third-order valence-electron chi connectivity index (χ3n) is 2.61. The summed E-state index contributed by atoms with van der Waals surface area (Å²) >= 11 is 5.77. The van der Waals surface area contributed by atoms with Crippen molar-refractivity contribution in [3.8, 4) is 24.7 Å². The van der Waals surface area contributed by atoms with E-state index in [0.717, 1.165) is 0 Å². The molecule has 17 heavy (non-hydrogen) atoms. The van der Waals surface area contributed by atoms with E-state index in [9.17, 15) is 9.90 Å². The van der Waals surface area contributed by atoms with Gasteiger partial charge in [0.15, 0.2) is 0 Å². The van der Waals surface area contributed by atoms with Gasteiger partial charge in [-0.25, -0.2) is 0 Å². The summed E-state index contributed by atoms with van der Waals surface area (Å²) in [7, 11) is 0. The predicted octanol–water partition coefficient (Wildman–Crippen LogP) is 2.71. The van der Waals surface area contributed by atoms with Crippen LogP contribution < -0.4 is 0 Å². The molecule has 1 N–H and O–H groups in total. The molecule has 0 aliphatic rings. The number of aliphatic carboxylic acids is 1. The Labute approximate surface area is 106 Å². The lowest BCUT2D eigenvalue weighted by Crippen LogP contribution is -2.35. The van der Waals surface area contributed by atoms with E-state index in [1.54, 1.807) is 24.3 Å². The molecule has 0 aliphatic heterocycles. The van der Waals surface area contributed by atoms with Crippen LogP contribution >= 0.6 is 11.6 Å². The van der Waals surface area contributed by atoms with Crippen molar-refractivity contribution in [1.82, 2.24) is 0 Å². The highest BCUT2D eigenvalue weighted by molar-refractivity contribution is 6.30. The molecule has 0 amide bonds. The van der Waals surface area contributed by atoms with Crippen molar-refractivity contribution >= 4 is 17.6 Å². The molecular formula is C14H11ClO2. The highest BCUT2D eigenvalue weighted by Crippen LogP contribution is 2.32. The van der Waals surface area contributed by atoms with Gasteiger partial charge < -0.3 is 5.11 Å². The number of terminal acetylenes is 2. The zero-order valence-corrected chi connectivity index (χ0v) is 9.87. The lowest BCUT2D eigenvalue weighted by atomic mass is 9.75. The average Bonchev–Trinajstić information content (AvgIpc) is 2.29. The van der Waals surface area contributed by atoms with Gasteiger partial charge in [0.1, 0.15) is 5.41 Å². The third kappa shape index (κ3) is 2.61. The summed E-state index contributed by atoms with van der Waals surface area (Å²) in [5.74, 6) is 3.74. The fraction of sp³-hybridized carbons (Fsp3) is 0.214. The number of carbonyl (C=O) groups is 1. The van der Waals surface area contributed by atoms with E-state index in [1.165, 1.54) is 0 Å². The van der Waals surface area contributed by atoms with Gasteiger partial charge in [0.05, 0.1) is 0 Å². The number of rotatable bonds is 4. The van der Waals surface area contributed by atoms with E-state index >= 15 is 0 Å². The zero-order valence-electron chi connectivity index (χ0n) is 9.11. The maximum atomic E-state index is 11.5. The first kappa shape index (κ1) is 13.2. The summed E-state index contributed by atoms with van der Waals surface area (Å²) in [5, 5.41) is 9.92. The maximum Gasteiger partial charge on any atom is 0.316 e. The van der Waals surface area contributed by atoms with Gasteiger partial charge in [0, 0.05) is 17.9 Å². The fourth-order valence-corrected chi connectivity index (χ4v) is 1.78. The van der Waals surface area contributed by atoms with Crippen LogP contribution in [-0.2, 0) is 10.2 Å². The summed E-state index contributed by atoms with van der Waals surface area (Å²) in [5.41, 5.74) is -0.654. The van der Waals surface area contributed by atoms with Crippen LogP contribution in [0.5, 0.6) is 0 Å². The normalized spacial score (nSPS) is 10.3. The third-order valence-corrected chi connectivity index (χ3v) is 2.87. The molecule has 0 saturated heterocycles. The first-order valence-corrected chi connectivity index (χ1v) is 5.31. The van der Waals surface area contributed by atoms with Gasteiger partial charge in [-0.05, 0) is 17.7 Å². The monoisotopic (exact) mass is 246 g/mol. The second kappa shape index (κ2) is 5.43. The smallest absolute Gasteiger partial charge is 0.316 e. The quantitative estimate of drug-likeness (QED) is 0.830. The van der Waals surface area contributed by atoms with Gasteiger partial charge in [-0.3, -0.25) is 4.79 Å². The SMILES string of the molecule is C#CCC(CC#C)(C(=O)O)c1ccc(Cl)cc1. The Morgan fingerprint density at radius 1 is 1.24 bits per heavy atom. The first-order valence-electron chi connectivity index (χ1n) is 4.93. The molecule has 0 aliphatic carbocycles. The number of carboxylic acid groups (broad SMARTS) is 1. The van der Waals surface area contributed by atoms with Crippen LogP contribution in [0.25, 0.3) is 0 Å². The van der Waals surface area contributed by atoms with E-state index in [4.69, 9.17) is 24.4 Å². The fourth-order valence-electron chi connectivity index (χ4n) is 1.66. The number of benzene rings is 1. The summed E-state index contributed by atoms with van der Waals surface area (Å²) in [4.78, 5) is 11.5. The summed E-state index contributed by atoms with van der Waals surface area (Å²) in [6.07, 6.45) is 10.6. The Bertz CT molecular complexity index is 472. The number of hydrogen-bond acceptors (Lipinski definition) is 1. The molecular weight excluding hydrogens is 236 g/mol. The molecule has 0 bridgehead atoms. The van der Waals surface area contributed by atoms with Crippen LogP contribution in [0, 0.1) is 24.7 Å². The van der Waals surface area contributed by atoms with Crippen molar-refractivity contribution in [3.63, 3.8) is 0 Å². The van der Waals surface area contributed by atoms with E-state index in [1.807, 2.05) is 0 Å². The van der Waals surface area contributed by atoms with E-state index in [0.29, 0.717) is 10.6 Å². The van der Waals surface area contributed by atoms with Crippen molar-refractivity contribution in [2.24, 2.45) is 0 Å². The van der Waals surface area contributed by atoms with Crippen LogP contribution in [0.2, 0.25) is 5.02 Å². The van der Waals surface area contributed by atoms with Crippen molar-refractivity contribution in [1.29, 1.82) is 0 Å². The van der Waals surface area contributed by atoms with Gasteiger partial charge in [-0.1, -0.05) is 23.7 Å². The topological polar surface area (TPSA) is 37.3 Å². The van der Waals surface area contributed by atoms with Crippen molar-refractivity contribution < 1.29 is 9.90 Å². The molecule has 3 heteroatoms. The Morgan fingerprint density at radius 2 is 1.71 bits per heavy atom. The standard InChI is InChI=1S/C14H11ClO2/c1-3-9-14(10-4-2,13(16)17)11-5-7-12(15)8-6-11/h1-2,5-8H,9-10H2,(H,16,17). The number of hydrogen-bond donors (Lipinski definition) is 1. The molecule has 2 nitrogen and oxygen atoms in total. The lowest BCUT2D eigenvalue weighted by molar-refractivity contribution is -0.143. The summed E-state index contributed by atoms with van der Waals surface area (Å²) in [6.45, 7) is 0. The minimum Gasteiger partial charge on any atom is -0.481 e.